The minimum atomic E-state index is -0.317. The summed E-state index contributed by atoms with van der Waals surface area (Å²) in [6.45, 7) is 1.45. The highest BCUT2D eigenvalue weighted by Gasteiger charge is 2.11. The molecule has 1 amide bonds. The maximum Gasteiger partial charge on any atom is 0.272 e. The molecule has 120 valence electrons. The van der Waals surface area contributed by atoms with Crippen molar-refractivity contribution in [2.24, 2.45) is 0 Å². The monoisotopic (exact) mass is 338 g/mol. The van der Waals surface area contributed by atoms with Gasteiger partial charge >= 0.3 is 0 Å². The Balaban J connectivity index is 1.71. The van der Waals surface area contributed by atoms with Crippen LogP contribution in [-0.4, -0.2) is 26.6 Å². The van der Waals surface area contributed by atoms with E-state index in [9.17, 15) is 9.59 Å². The predicted molar refractivity (Wildman–Crippen MR) is 91.3 cm³/mol. The van der Waals surface area contributed by atoms with Crippen molar-refractivity contribution in [3.8, 4) is 0 Å². The van der Waals surface area contributed by atoms with E-state index in [1.807, 2.05) is 18.2 Å². The highest BCUT2D eigenvalue weighted by Crippen LogP contribution is 2.25. The Labute approximate surface area is 142 Å². The molecule has 24 heavy (non-hydrogen) atoms. The number of amides is 1. The first-order valence-electron chi connectivity index (χ1n) is 7.17. The summed E-state index contributed by atoms with van der Waals surface area (Å²) in [4.78, 5) is 34.8. The van der Waals surface area contributed by atoms with Crippen LogP contribution in [0.1, 0.15) is 27.8 Å². The first-order valence-corrected chi connectivity index (χ1v) is 7.99. The van der Waals surface area contributed by atoms with E-state index in [1.165, 1.54) is 30.9 Å². The van der Waals surface area contributed by atoms with E-state index in [2.05, 4.69) is 20.3 Å². The van der Waals surface area contributed by atoms with Gasteiger partial charge in [0.1, 0.15) is 15.7 Å². The van der Waals surface area contributed by atoms with Crippen LogP contribution in [0, 0.1) is 0 Å². The van der Waals surface area contributed by atoms with Crippen LogP contribution in [0.5, 0.6) is 0 Å². The Morgan fingerprint density at radius 3 is 2.62 bits per heavy atom. The molecule has 3 heterocycles. The molecule has 2 N–H and O–H groups in total. The molecule has 0 unspecified atom stereocenters. The van der Waals surface area contributed by atoms with Crippen molar-refractivity contribution in [2.45, 2.75) is 17.0 Å². The standard InChI is InChI=1S/C17H14N4O2S/c1-11(22)12-8-14(20-10-12)17(23)21-13-5-7-19-16(9-13)24-15-4-2-3-6-18-15/h2-10,20H,1H3,(H,19,21,23). The van der Waals surface area contributed by atoms with E-state index in [1.54, 1.807) is 24.5 Å². The molecular weight excluding hydrogens is 324 g/mol. The maximum absolute atomic E-state index is 12.2. The second-order valence-corrected chi connectivity index (χ2v) is 6.01. The third-order valence-electron chi connectivity index (χ3n) is 3.17. The summed E-state index contributed by atoms with van der Waals surface area (Å²) >= 11 is 1.41. The molecule has 0 aliphatic carbocycles. The van der Waals surface area contributed by atoms with Gasteiger partial charge in [-0.3, -0.25) is 9.59 Å². The quantitative estimate of drug-likeness (QED) is 0.696. The molecule has 7 heteroatoms. The van der Waals surface area contributed by atoms with E-state index < -0.39 is 0 Å². The van der Waals surface area contributed by atoms with Crippen LogP contribution in [-0.2, 0) is 0 Å². The first kappa shape index (κ1) is 15.9. The Kier molecular flexibility index (Phi) is 4.72. The number of H-pyrrole nitrogens is 1. The van der Waals surface area contributed by atoms with Crippen molar-refractivity contribution in [1.82, 2.24) is 15.0 Å². The molecule has 0 radical (unpaired) electrons. The molecule has 0 aromatic carbocycles. The van der Waals surface area contributed by atoms with Crippen LogP contribution in [0.2, 0.25) is 0 Å². The number of aromatic amines is 1. The van der Waals surface area contributed by atoms with Gasteiger partial charge in [0.2, 0.25) is 0 Å². The number of carbonyl (C=O) groups excluding carboxylic acids is 2. The van der Waals surface area contributed by atoms with E-state index in [4.69, 9.17) is 0 Å². The lowest BCUT2D eigenvalue weighted by molar-refractivity contribution is 0.101. The van der Waals surface area contributed by atoms with Gasteiger partial charge in [-0.15, -0.1) is 0 Å². The summed E-state index contributed by atoms with van der Waals surface area (Å²) in [5.41, 5.74) is 1.42. The van der Waals surface area contributed by atoms with Gasteiger partial charge in [-0.1, -0.05) is 17.8 Å². The highest BCUT2D eigenvalue weighted by molar-refractivity contribution is 7.99. The Bertz CT molecular complexity index is 877. The smallest absolute Gasteiger partial charge is 0.272 e. The normalized spacial score (nSPS) is 10.4. The zero-order chi connectivity index (χ0) is 16.9. The summed E-state index contributed by atoms with van der Waals surface area (Å²) in [5, 5.41) is 4.33. The summed E-state index contributed by atoms with van der Waals surface area (Å²) < 4.78 is 0. The van der Waals surface area contributed by atoms with Gasteiger partial charge in [-0.25, -0.2) is 9.97 Å². The van der Waals surface area contributed by atoms with Gasteiger partial charge in [-0.2, -0.15) is 0 Å². The topological polar surface area (TPSA) is 87.7 Å². The second kappa shape index (κ2) is 7.10. The number of rotatable bonds is 5. The highest BCUT2D eigenvalue weighted by atomic mass is 32.2. The molecule has 0 aliphatic heterocycles. The van der Waals surface area contributed by atoms with Gasteiger partial charge in [-0.05, 0) is 37.3 Å². The molecule has 0 saturated heterocycles. The Hall–Kier alpha value is -2.93. The van der Waals surface area contributed by atoms with Crippen LogP contribution in [0.15, 0.2) is 65.0 Å². The molecule has 0 bridgehead atoms. The van der Waals surface area contributed by atoms with E-state index in [0.717, 1.165) is 10.1 Å². The summed E-state index contributed by atoms with van der Waals surface area (Å²) in [5.74, 6) is -0.411. The molecule has 0 aliphatic rings. The zero-order valence-electron chi connectivity index (χ0n) is 12.8. The van der Waals surface area contributed by atoms with Gasteiger partial charge in [0.15, 0.2) is 5.78 Å². The van der Waals surface area contributed by atoms with Crippen molar-refractivity contribution in [3.05, 3.63) is 66.2 Å². The minimum Gasteiger partial charge on any atom is -0.356 e. The van der Waals surface area contributed by atoms with Crippen molar-refractivity contribution in [1.29, 1.82) is 0 Å². The Morgan fingerprint density at radius 1 is 1.08 bits per heavy atom. The largest absolute Gasteiger partial charge is 0.356 e. The lowest BCUT2D eigenvalue weighted by Crippen LogP contribution is -2.12. The summed E-state index contributed by atoms with van der Waals surface area (Å²) in [6.07, 6.45) is 4.86. The van der Waals surface area contributed by atoms with E-state index in [0.29, 0.717) is 16.9 Å². The Morgan fingerprint density at radius 2 is 1.92 bits per heavy atom. The van der Waals surface area contributed by atoms with Gasteiger partial charge in [0.05, 0.1) is 0 Å². The average molecular weight is 338 g/mol. The van der Waals surface area contributed by atoms with Crippen LogP contribution < -0.4 is 5.32 Å². The molecule has 3 aromatic heterocycles. The van der Waals surface area contributed by atoms with Gasteiger partial charge in [0.25, 0.3) is 5.91 Å². The molecule has 0 fully saturated rings. The molecule has 3 rings (SSSR count). The predicted octanol–water partition coefficient (Wildman–Crippen LogP) is 3.41. The number of nitrogens with zero attached hydrogens (tertiary/aromatic N) is 2. The van der Waals surface area contributed by atoms with Crippen LogP contribution >= 0.6 is 11.8 Å². The van der Waals surface area contributed by atoms with Crippen LogP contribution in [0.3, 0.4) is 0 Å². The third-order valence-corrected chi connectivity index (χ3v) is 4.06. The molecule has 3 aromatic rings. The lowest BCUT2D eigenvalue weighted by Gasteiger charge is -2.05. The number of hydrogen-bond donors (Lipinski definition) is 2. The van der Waals surface area contributed by atoms with Crippen molar-refractivity contribution >= 4 is 29.1 Å². The molecular formula is C17H14N4O2S. The number of ketones is 1. The number of anilines is 1. The SMILES string of the molecule is CC(=O)c1c[nH]c(C(=O)Nc2ccnc(Sc3ccccn3)c2)c1. The van der Waals surface area contributed by atoms with Crippen molar-refractivity contribution in [2.75, 3.05) is 5.32 Å². The van der Waals surface area contributed by atoms with Crippen LogP contribution in [0.25, 0.3) is 0 Å². The fourth-order valence-electron chi connectivity index (χ4n) is 1.98. The van der Waals surface area contributed by atoms with Gasteiger partial charge in [0, 0.05) is 29.8 Å². The minimum absolute atomic E-state index is 0.0942. The average Bonchev–Trinajstić information content (AvgIpc) is 3.06. The number of pyridine rings is 2. The first-order chi connectivity index (χ1) is 11.6. The molecule has 0 saturated carbocycles. The van der Waals surface area contributed by atoms with Crippen molar-refractivity contribution in [3.63, 3.8) is 0 Å². The summed E-state index contributed by atoms with van der Waals surface area (Å²) in [7, 11) is 0. The number of hydrogen-bond acceptors (Lipinski definition) is 5. The molecule has 0 spiro atoms. The van der Waals surface area contributed by atoms with E-state index >= 15 is 0 Å². The third kappa shape index (κ3) is 3.88. The van der Waals surface area contributed by atoms with Gasteiger partial charge < -0.3 is 10.3 Å². The number of carbonyl (C=O) groups is 2. The van der Waals surface area contributed by atoms with Crippen LogP contribution in [0.4, 0.5) is 5.69 Å². The second-order valence-electron chi connectivity index (χ2n) is 4.97. The summed E-state index contributed by atoms with van der Waals surface area (Å²) in [6, 6.07) is 10.6. The number of aromatic nitrogens is 3. The number of nitrogens with one attached hydrogen (secondary N) is 2. The maximum atomic E-state index is 12.2. The van der Waals surface area contributed by atoms with E-state index in [-0.39, 0.29) is 11.7 Å². The fourth-order valence-corrected chi connectivity index (χ4v) is 2.76. The zero-order valence-corrected chi connectivity index (χ0v) is 13.6. The van der Waals surface area contributed by atoms with Crippen molar-refractivity contribution < 1.29 is 9.59 Å². The lowest BCUT2D eigenvalue weighted by atomic mass is 10.2. The fraction of sp³-hybridized carbons (Fsp3) is 0.0588. The number of Topliss-reactive ketones (excluding diaryl/α,β-unsaturated/α-hetero) is 1. The molecule has 0 atom stereocenters. The molecule has 6 nitrogen and oxygen atoms in total.